The second-order valence-corrected chi connectivity index (χ2v) is 8.53. The number of guanidine groups is 1. The Balaban J connectivity index is 0.00000320. The Morgan fingerprint density at radius 1 is 1.10 bits per heavy atom. The van der Waals surface area contributed by atoms with Gasteiger partial charge in [0, 0.05) is 45.9 Å². The fraction of sp³-hybridized carbons (Fsp3) is 0.955. The van der Waals surface area contributed by atoms with E-state index in [1.165, 1.54) is 32.2 Å². The van der Waals surface area contributed by atoms with Crippen molar-refractivity contribution < 1.29 is 14.2 Å². The van der Waals surface area contributed by atoms with Gasteiger partial charge in [0.25, 0.3) is 0 Å². The maximum absolute atomic E-state index is 6.17. The molecule has 0 aromatic carbocycles. The summed E-state index contributed by atoms with van der Waals surface area (Å²) in [4.78, 5) is 9.95. The molecule has 0 aromatic rings. The molecule has 176 valence electrons. The smallest absolute Gasteiger partial charge is 0.193 e. The van der Waals surface area contributed by atoms with Gasteiger partial charge in [-0.1, -0.05) is 0 Å². The predicted molar refractivity (Wildman–Crippen MR) is 132 cm³/mol. The van der Waals surface area contributed by atoms with E-state index in [4.69, 9.17) is 19.2 Å². The SMILES string of the molecule is CCNC(=NCC1CCCN1CCOC)N1CCC(OCC2CCCCO2)CC1.I. The molecule has 3 aliphatic rings. The Bertz CT molecular complexity index is 483. The molecule has 0 amide bonds. The zero-order valence-corrected chi connectivity index (χ0v) is 21.4. The molecule has 8 heteroatoms. The van der Waals surface area contributed by atoms with Crippen LogP contribution in [0.1, 0.15) is 51.9 Å². The van der Waals surface area contributed by atoms with Gasteiger partial charge >= 0.3 is 0 Å². The summed E-state index contributed by atoms with van der Waals surface area (Å²) in [7, 11) is 1.78. The number of aliphatic imine (C=N–C) groups is 1. The first-order chi connectivity index (χ1) is 14.3. The first kappa shape index (κ1) is 26.1. The molecule has 0 aromatic heterocycles. The van der Waals surface area contributed by atoms with Crippen molar-refractivity contribution in [2.45, 2.75) is 70.1 Å². The van der Waals surface area contributed by atoms with Gasteiger partial charge in [0.05, 0.1) is 32.0 Å². The number of piperidine rings is 1. The van der Waals surface area contributed by atoms with Crippen molar-refractivity contribution in [3.05, 3.63) is 0 Å². The molecular formula is C22H43IN4O3. The Morgan fingerprint density at radius 3 is 2.63 bits per heavy atom. The lowest BCUT2D eigenvalue weighted by atomic mass is 10.1. The van der Waals surface area contributed by atoms with Crippen LogP contribution in [0.2, 0.25) is 0 Å². The summed E-state index contributed by atoms with van der Waals surface area (Å²) in [6.07, 6.45) is 8.96. The molecule has 0 aliphatic carbocycles. The van der Waals surface area contributed by atoms with Gasteiger partial charge in [-0.3, -0.25) is 9.89 Å². The molecule has 0 radical (unpaired) electrons. The summed E-state index contributed by atoms with van der Waals surface area (Å²) in [6.45, 7) is 10.6. The van der Waals surface area contributed by atoms with Crippen LogP contribution >= 0.6 is 24.0 Å². The molecule has 1 N–H and O–H groups in total. The standard InChI is InChI=1S/C22H42N4O3.HI/c1-3-23-22(24-17-19-7-6-11-25(19)14-16-27-2)26-12-9-20(10-13-26)29-18-21-8-4-5-15-28-21;/h19-21H,3-18H2,1-2H3,(H,23,24);1H. The third-order valence-corrected chi connectivity index (χ3v) is 6.40. The van der Waals surface area contributed by atoms with Crippen LogP contribution in [-0.2, 0) is 14.2 Å². The molecule has 3 heterocycles. The monoisotopic (exact) mass is 538 g/mol. The third kappa shape index (κ3) is 8.41. The van der Waals surface area contributed by atoms with Crippen LogP contribution in [0.3, 0.4) is 0 Å². The average molecular weight is 539 g/mol. The van der Waals surface area contributed by atoms with Gasteiger partial charge in [-0.15, -0.1) is 24.0 Å². The fourth-order valence-corrected chi connectivity index (χ4v) is 4.64. The maximum atomic E-state index is 6.17. The van der Waals surface area contributed by atoms with Crippen molar-refractivity contribution in [1.29, 1.82) is 0 Å². The van der Waals surface area contributed by atoms with Gasteiger partial charge in [0.15, 0.2) is 5.96 Å². The Hall–Kier alpha value is -0.160. The first-order valence-electron chi connectivity index (χ1n) is 11.8. The van der Waals surface area contributed by atoms with Gasteiger partial charge in [-0.25, -0.2) is 0 Å². The summed E-state index contributed by atoms with van der Waals surface area (Å²) in [5.74, 6) is 1.07. The molecule has 0 saturated carbocycles. The number of nitrogens with zero attached hydrogens (tertiary/aromatic N) is 3. The summed E-state index contributed by atoms with van der Waals surface area (Å²) in [5.41, 5.74) is 0. The van der Waals surface area contributed by atoms with Gasteiger partial charge < -0.3 is 24.4 Å². The molecule has 0 spiro atoms. The van der Waals surface area contributed by atoms with Crippen LogP contribution < -0.4 is 5.32 Å². The molecule has 0 bridgehead atoms. The van der Waals surface area contributed by atoms with E-state index in [0.29, 0.717) is 18.2 Å². The quantitative estimate of drug-likeness (QED) is 0.277. The molecule has 3 saturated heterocycles. The zero-order chi connectivity index (χ0) is 20.3. The van der Waals surface area contributed by atoms with Crippen molar-refractivity contribution in [2.24, 2.45) is 4.99 Å². The van der Waals surface area contributed by atoms with Crippen molar-refractivity contribution in [3.8, 4) is 0 Å². The molecule has 30 heavy (non-hydrogen) atoms. The van der Waals surface area contributed by atoms with E-state index in [1.54, 1.807) is 7.11 Å². The van der Waals surface area contributed by atoms with Gasteiger partial charge in [-0.2, -0.15) is 0 Å². The highest BCUT2D eigenvalue weighted by molar-refractivity contribution is 14.0. The predicted octanol–water partition coefficient (Wildman–Crippen LogP) is 2.73. The van der Waals surface area contributed by atoms with Crippen LogP contribution in [0.25, 0.3) is 0 Å². The van der Waals surface area contributed by atoms with Gasteiger partial charge in [-0.05, 0) is 58.4 Å². The molecule has 2 atom stereocenters. The maximum Gasteiger partial charge on any atom is 0.193 e. The van der Waals surface area contributed by atoms with Crippen molar-refractivity contribution >= 4 is 29.9 Å². The van der Waals surface area contributed by atoms with Crippen LogP contribution in [0.5, 0.6) is 0 Å². The van der Waals surface area contributed by atoms with Crippen LogP contribution in [-0.4, -0.2) is 100 Å². The fourth-order valence-electron chi connectivity index (χ4n) is 4.64. The normalized spacial score (nSPS) is 26.6. The number of rotatable bonds is 9. The van der Waals surface area contributed by atoms with E-state index in [2.05, 4.69) is 22.0 Å². The number of hydrogen-bond acceptors (Lipinski definition) is 5. The number of hydrogen-bond donors (Lipinski definition) is 1. The lowest BCUT2D eigenvalue weighted by molar-refractivity contribution is -0.0721. The molecular weight excluding hydrogens is 495 g/mol. The van der Waals surface area contributed by atoms with E-state index < -0.39 is 0 Å². The minimum atomic E-state index is 0. The number of methoxy groups -OCH3 is 1. The van der Waals surface area contributed by atoms with Gasteiger partial charge in [0.1, 0.15) is 0 Å². The molecule has 3 fully saturated rings. The largest absolute Gasteiger partial charge is 0.383 e. The van der Waals surface area contributed by atoms with Crippen molar-refractivity contribution in [3.63, 3.8) is 0 Å². The first-order valence-corrected chi connectivity index (χ1v) is 11.8. The number of ether oxygens (including phenoxy) is 3. The minimum Gasteiger partial charge on any atom is -0.383 e. The molecule has 2 unspecified atom stereocenters. The minimum absolute atomic E-state index is 0. The summed E-state index contributed by atoms with van der Waals surface area (Å²) in [5, 5.41) is 3.50. The summed E-state index contributed by atoms with van der Waals surface area (Å²) >= 11 is 0. The van der Waals surface area contributed by atoms with E-state index in [0.717, 1.165) is 77.8 Å². The Kier molecular flexibility index (Phi) is 12.9. The van der Waals surface area contributed by atoms with E-state index in [1.807, 2.05) is 0 Å². The summed E-state index contributed by atoms with van der Waals surface area (Å²) < 4.78 is 17.2. The van der Waals surface area contributed by atoms with Crippen LogP contribution in [0.4, 0.5) is 0 Å². The average Bonchev–Trinajstić information content (AvgIpc) is 3.22. The topological polar surface area (TPSA) is 58.6 Å². The highest BCUT2D eigenvalue weighted by atomic mass is 127. The highest BCUT2D eigenvalue weighted by Gasteiger charge is 2.26. The highest BCUT2D eigenvalue weighted by Crippen LogP contribution is 2.19. The van der Waals surface area contributed by atoms with Crippen LogP contribution in [0.15, 0.2) is 4.99 Å². The van der Waals surface area contributed by atoms with Crippen molar-refractivity contribution in [1.82, 2.24) is 15.1 Å². The third-order valence-electron chi connectivity index (χ3n) is 6.40. The van der Waals surface area contributed by atoms with Crippen LogP contribution in [0, 0.1) is 0 Å². The summed E-state index contributed by atoms with van der Waals surface area (Å²) in [6, 6.07) is 0.551. The molecule has 3 rings (SSSR count). The molecule has 7 nitrogen and oxygen atoms in total. The lowest BCUT2D eigenvalue weighted by Gasteiger charge is -2.35. The second-order valence-electron chi connectivity index (χ2n) is 8.53. The second kappa shape index (κ2) is 14.8. The molecule has 3 aliphatic heterocycles. The van der Waals surface area contributed by atoms with Crippen molar-refractivity contribution in [2.75, 3.05) is 66.2 Å². The zero-order valence-electron chi connectivity index (χ0n) is 19.0. The van der Waals surface area contributed by atoms with E-state index >= 15 is 0 Å². The number of nitrogens with one attached hydrogen (secondary N) is 1. The van der Waals surface area contributed by atoms with E-state index in [9.17, 15) is 0 Å². The number of halogens is 1. The number of likely N-dealkylation sites (tertiary alicyclic amines) is 2. The Labute approximate surface area is 200 Å². The van der Waals surface area contributed by atoms with Gasteiger partial charge in [0.2, 0.25) is 0 Å². The lowest BCUT2D eigenvalue weighted by Crippen LogP contribution is -2.48. The van der Waals surface area contributed by atoms with E-state index in [-0.39, 0.29) is 24.0 Å². The Morgan fingerprint density at radius 2 is 1.93 bits per heavy atom.